The van der Waals surface area contributed by atoms with Gasteiger partial charge in [-0.2, -0.15) is 0 Å². The summed E-state index contributed by atoms with van der Waals surface area (Å²) in [6.45, 7) is 0. The molecule has 1 heterocycles. The number of fused-ring (bicyclic) bond motifs is 1. The van der Waals surface area contributed by atoms with E-state index in [1.54, 1.807) is 30.3 Å². The van der Waals surface area contributed by atoms with Crippen molar-refractivity contribution in [2.75, 3.05) is 0 Å². The van der Waals surface area contributed by atoms with Gasteiger partial charge in [0, 0.05) is 5.56 Å². The molecule has 0 aliphatic carbocycles. The quantitative estimate of drug-likeness (QED) is 0.794. The van der Waals surface area contributed by atoms with Gasteiger partial charge in [0.2, 0.25) is 5.89 Å². The molecule has 0 atom stereocenters. The van der Waals surface area contributed by atoms with Gasteiger partial charge in [0.05, 0.1) is 6.42 Å². The standard InChI is InChI=1S/C15H10FNO3/c16-11-4-2-10(3-5-11)15-17-12-7-9(8-14(18)19)1-6-13(12)20-15/h1-7H,8H2,(H,18,19). The number of carbonyl (C=O) groups is 1. The summed E-state index contributed by atoms with van der Waals surface area (Å²) in [5.74, 6) is -0.840. The first-order valence-corrected chi connectivity index (χ1v) is 5.99. The summed E-state index contributed by atoms with van der Waals surface area (Å²) < 4.78 is 18.4. The molecule has 0 aliphatic heterocycles. The zero-order valence-corrected chi connectivity index (χ0v) is 10.3. The van der Waals surface area contributed by atoms with Gasteiger partial charge in [-0.3, -0.25) is 4.79 Å². The number of carboxylic acids is 1. The van der Waals surface area contributed by atoms with Gasteiger partial charge >= 0.3 is 5.97 Å². The van der Waals surface area contributed by atoms with E-state index in [1.165, 1.54) is 12.1 Å². The highest BCUT2D eigenvalue weighted by molar-refractivity contribution is 5.79. The van der Waals surface area contributed by atoms with E-state index >= 15 is 0 Å². The van der Waals surface area contributed by atoms with Crippen LogP contribution < -0.4 is 0 Å². The summed E-state index contributed by atoms with van der Waals surface area (Å²) >= 11 is 0. The van der Waals surface area contributed by atoms with E-state index in [4.69, 9.17) is 9.52 Å². The fourth-order valence-corrected chi connectivity index (χ4v) is 1.97. The maximum atomic E-state index is 12.9. The van der Waals surface area contributed by atoms with Crippen molar-refractivity contribution in [3.05, 3.63) is 53.8 Å². The first-order chi connectivity index (χ1) is 9.61. The lowest BCUT2D eigenvalue weighted by Gasteiger charge is -1.94. The SMILES string of the molecule is O=C(O)Cc1ccc2oc(-c3ccc(F)cc3)nc2c1. The summed E-state index contributed by atoms with van der Waals surface area (Å²) in [5.41, 5.74) is 2.48. The highest BCUT2D eigenvalue weighted by Crippen LogP contribution is 2.25. The molecule has 5 heteroatoms. The van der Waals surface area contributed by atoms with E-state index in [1.807, 2.05) is 0 Å². The zero-order chi connectivity index (χ0) is 14.1. The van der Waals surface area contributed by atoms with Crippen LogP contribution in [0.4, 0.5) is 4.39 Å². The van der Waals surface area contributed by atoms with Gasteiger partial charge in [0.25, 0.3) is 0 Å². The predicted octanol–water partition coefficient (Wildman–Crippen LogP) is 3.26. The number of rotatable bonds is 3. The van der Waals surface area contributed by atoms with Crippen LogP contribution in [0.5, 0.6) is 0 Å². The first kappa shape index (κ1) is 12.3. The van der Waals surface area contributed by atoms with Crippen LogP contribution in [0.2, 0.25) is 0 Å². The molecule has 2 aromatic carbocycles. The molecular weight excluding hydrogens is 261 g/mol. The van der Waals surface area contributed by atoms with E-state index in [0.29, 0.717) is 28.1 Å². The summed E-state index contributed by atoms with van der Waals surface area (Å²) in [5, 5.41) is 8.77. The second-order valence-corrected chi connectivity index (χ2v) is 4.40. The number of aromatic nitrogens is 1. The van der Waals surface area contributed by atoms with Gasteiger partial charge < -0.3 is 9.52 Å². The Balaban J connectivity index is 2.01. The van der Waals surface area contributed by atoms with Crippen molar-refractivity contribution in [3.63, 3.8) is 0 Å². The molecule has 0 saturated carbocycles. The number of hydrogen-bond donors (Lipinski definition) is 1. The molecule has 1 aromatic heterocycles. The van der Waals surface area contributed by atoms with E-state index in [0.717, 1.165) is 0 Å². The molecule has 1 N–H and O–H groups in total. The number of carboxylic acid groups (broad SMARTS) is 1. The summed E-state index contributed by atoms with van der Waals surface area (Å²) in [6, 6.07) is 10.9. The summed E-state index contributed by atoms with van der Waals surface area (Å²) in [4.78, 5) is 15.0. The molecule has 0 spiro atoms. The largest absolute Gasteiger partial charge is 0.481 e. The molecule has 0 amide bonds. The van der Waals surface area contributed by atoms with E-state index in [9.17, 15) is 9.18 Å². The minimum atomic E-state index is -0.897. The second-order valence-electron chi connectivity index (χ2n) is 4.40. The van der Waals surface area contributed by atoms with Gasteiger partial charge in [-0.05, 0) is 42.0 Å². The molecule has 20 heavy (non-hydrogen) atoms. The van der Waals surface area contributed by atoms with Crippen molar-refractivity contribution in [2.45, 2.75) is 6.42 Å². The molecule has 0 aliphatic rings. The van der Waals surface area contributed by atoms with Crippen molar-refractivity contribution >= 4 is 17.1 Å². The smallest absolute Gasteiger partial charge is 0.307 e. The van der Waals surface area contributed by atoms with Crippen molar-refractivity contribution < 1.29 is 18.7 Å². The first-order valence-electron chi connectivity index (χ1n) is 5.99. The van der Waals surface area contributed by atoms with Gasteiger partial charge in [-0.25, -0.2) is 9.37 Å². The molecule has 3 aromatic rings. The molecule has 3 rings (SSSR count). The lowest BCUT2D eigenvalue weighted by atomic mass is 10.1. The lowest BCUT2D eigenvalue weighted by molar-refractivity contribution is -0.136. The molecule has 0 saturated heterocycles. The van der Waals surface area contributed by atoms with E-state index in [-0.39, 0.29) is 12.2 Å². The van der Waals surface area contributed by atoms with Crippen LogP contribution in [0.25, 0.3) is 22.6 Å². The molecule has 0 unspecified atom stereocenters. The van der Waals surface area contributed by atoms with Crippen molar-refractivity contribution in [1.29, 1.82) is 0 Å². The fraction of sp³-hybridized carbons (Fsp3) is 0.0667. The minimum Gasteiger partial charge on any atom is -0.481 e. The molecule has 0 radical (unpaired) electrons. The Hall–Kier alpha value is -2.69. The Morgan fingerprint density at radius 2 is 1.95 bits per heavy atom. The Morgan fingerprint density at radius 1 is 1.20 bits per heavy atom. The van der Waals surface area contributed by atoms with Crippen LogP contribution in [0.15, 0.2) is 46.9 Å². The number of halogens is 1. The highest BCUT2D eigenvalue weighted by atomic mass is 19.1. The van der Waals surface area contributed by atoms with Crippen molar-refractivity contribution in [3.8, 4) is 11.5 Å². The van der Waals surface area contributed by atoms with Gasteiger partial charge in [0.1, 0.15) is 11.3 Å². The van der Waals surface area contributed by atoms with Crippen LogP contribution >= 0.6 is 0 Å². The highest BCUT2D eigenvalue weighted by Gasteiger charge is 2.10. The van der Waals surface area contributed by atoms with E-state index in [2.05, 4.69) is 4.98 Å². The molecule has 100 valence electrons. The second kappa shape index (κ2) is 4.77. The Kier molecular flexibility index (Phi) is 2.95. The van der Waals surface area contributed by atoms with Crippen LogP contribution in [-0.2, 0) is 11.2 Å². The van der Waals surface area contributed by atoms with Gasteiger partial charge in [-0.1, -0.05) is 6.07 Å². The molecule has 0 bridgehead atoms. The van der Waals surface area contributed by atoms with Crippen LogP contribution in [0, 0.1) is 5.82 Å². The van der Waals surface area contributed by atoms with Crippen LogP contribution in [0.3, 0.4) is 0 Å². The maximum absolute atomic E-state index is 12.9. The number of aliphatic carboxylic acids is 1. The van der Waals surface area contributed by atoms with Crippen LogP contribution in [0.1, 0.15) is 5.56 Å². The molecule has 4 nitrogen and oxygen atoms in total. The maximum Gasteiger partial charge on any atom is 0.307 e. The van der Waals surface area contributed by atoms with Crippen molar-refractivity contribution in [2.24, 2.45) is 0 Å². The fourth-order valence-electron chi connectivity index (χ4n) is 1.97. The average Bonchev–Trinajstić information content (AvgIpc) is 2.81. The van der Waals surface area contributed by atoms with Crippen molar-refractivity contribution in [1.82, 2.24) is 4.98 Å². The zero-order valence-electron chi connectivity index (χ0n) is 10.3. The summed E-state index contributed by atoms with van der Waals surface area (Å²) in [7, 11) is 0. The average molecular weight is 271 g/mol. The normalized spacial score (nSPS) is 10.8. The van der Waals surface area contributed by atoms with Gasteiger partial charge in [0.15, 0.2) is 5.58 Å². The third-order valence-electron chi connectivity index (χ3n) is 2.90. The minimum absolute atomic E-state index is 0.0608. The topological polar surface area (TPSA) is 63.3 Å². The third kappa shape index (κ3) is 2.38. The molecule has 0 fully saturated rings. The van der Waals surface area contributed by atoms with Gasteiger partial charge in [-0.15, -0.1) is 0 Å². The number of benzene rings is 2. The predicted molar refractivity (Wildman–Crippen MR) is 70.7 cm³/mol. The Bertz CT molecular complexity index is 777. The molecular formula is C15H10FNO3. The van der Waals surface area contributed by atoms with E-state index < -0.39 is 5.97 Å². The summed E-state index contributed by atoms with van der Waals surface area (Å²) in [6.07, 6.45) is -0.0608. The number of oxazole rings is 1. The Morgan fingerprint density at radius 3 is 2.65 bits per heavy atom. The Labute approximate surface area is 113 Å². The lowest BCUT2D eigenvalue weighted by Crippen LogP contribution is -1.99. The van der Waals surface area contributed by atoms with Crippen LogP contribution in [-0.4, -0.2) is 16.1 Å². The monoisotopic (exact) mass is 271 g/mol. The number of hydrogen-bond acceptors (Lipinski definition) is 3. The number of nitrogens with zero attached hydrogens (tertiary/aromatic N) is 1. The third-order valence-corrected chi connectivity index (χ3v) is 2.90.